The highest BCUT2D eigenvalue weighted by molar-refractivity contribution is 6.07. The van der Waals surface area contributed by atoms with Crippen LogP contribution in [0.4, 0.5) is 0 Å². The molecule has 0 aliphatic carbocycles. The van der Waals surface area contributed by atoms with Crippen molar-refractivity contribution in [3.05, 3.63) is 65.2 Å². The summed E-state index contributed by atoms with van der Waals surface area (Å²) < 4.78 is 10.9. The van der Waals surface area contributed by atoms with Crippen molar-refractivity contribution in [2.75, 3.05) is 13.2 Å². The number of carbonyl (C=O) groups is 1. The van der Waals surface area contributed by atoms with Crippen molar-refractivity contribution in [3.8, 4) is 11.5 Å². The molecule has 0 amide bonds. The number of fused-ring (bicyclic) bond motifs is 1. The molecule has 0 bridgehead atoms. The van der Waals surface area contributed by atoms with Crippen LogP contribution in [0, 0.1) is 6.92 Å². The Bertz CT molecular complexity index is 684. The Morgan fingerprint density at radius 1 is 1.00 bits per heavy atom. The molecule has 1 heterocycles. The fourth-order valence-corrected chi connectivity index (χ4v) is 2.14. The van der Waals surface area contributed by atoms with Crippen LogP contribution in [0.25, 0.3) is 6.08 Å². The van der Waals surface area contributed by atoms with Gasteiger partial charge in [-0.15, -0.1) is 0 Å². The highest BCUT2D eigenvalue weighted by Crippen LogP contribution is 2.30. The zero-order chi connectivity index (χ0) is 14.7. The molecule has 21 heavy (non-hydrogen) atoms. The Balaban J connectivity index is 1.77. The average Bonchev–Trinajstić information content (AvgIpc) is 2.53. The van der Waals surface area contributed by atoms with Gasteiger partial charge in [0, 0.05) is 5.56 Å². The highest BCUT2D eigenvalue weighted by atomic mass is 16.6. The predicted molar refractivity (Wildman–Crippen MR) is 82.0 cm³/mol. The Labute approximate surface area is 123 Å². The molecule has 3 rings (SSSR count). The normalized spacial score (nSPS) is 13.4. The minimum atomic E-state index is -0.0486. The quantitative estimate of drug-likeness (QED) is 0.636. The minimum absolute atomic E-state index is 0.0486. The van der Waals surface area contributed by atoms with Crippen LogP contribution >= 0.6 is 0 Å². The van der Waals surface area contributed by atoms with E-state index >= 15 is 0 Å². The first kappa shape index (κ1) is 13.4. The zero-order valence-electron chi connectivity index (χ0n) is 11.8. The molecule has 2 aromatic carbocycles. The monoisotopic (exact) mass is 280 g/mol. The maximum atomic E-state index is 12.2. The predicted octanol–water partition coefficient (Wildman–Crippen LogP) is 3.66. The average molecular weight is 280 g/mol. The van der Waals surface area contributed by atoms with Gasteiger partial charge in [0.15, 0.2) is 17.3 Å². The number of hydrogen-bond acceptors (Lipinski definition) is 3. The van der Waals surface area contributed by atoms with Gasteiger partial charge in [-0.1, -0.05) is 35.9 Å². The van der Waals surface area contributed by atoms with Crippen LogP contribution in [0.1, 0.15) is 21.5 Å². The highest BCUT2D eigenvalue weighted by Gasteiger charge is 2.13. The number of hydrogen-bond donors (Lipinski definition) is 0. The lowest BCUT2D eigenvalue weighted by Gasteiger charge is -2.18. The largest absolute Gasteiger partial charge is 0.486 e. The van der Waals surface area contributed by atoms with Crippen molar-refractivity contribution in [2.45, 2.75) is 6.92 Å². The van der Waals surface area contributed by atoms with Gasteiger partial charge < -0.3 is 9.47 Å². The molecule has 0 radical (unpaired) electrons. The zero-order valence-corrected chi connectivity index (χ0v) is 11.8. The Kier molecular flexibility index (Phi) is 3.73. The van der Waals surface area contributed by atoms with E-state index in [2.05, 4.69) is 0 Å². The molecule has 0 spiro atoms. The third-order valence-electron chi connectivity index (χ3n) is 3.33. The number of aryl methyl sites for hydroxylation is 1. The van der Waals surface area contributed by atoms with Crippen molar-refractivity contribution in [3.63, 3.8) is 0 Å². The Morgan fingerprint density at radius 2 is 1.71 bits per heavy atom. The minimum Gasteiger partial charge on any atom is -0.486 e. The van der Waals surface area contributed by atoms with Crippen LogP contribution in [-0.4, -0.2) is 19.0 Å². The van der Waals surface area contributed by atoms with E-state index in [1.54, 1.807) is 24.3 Å². The maximum absolute atomic E-state index is 12.2. The first-order valence-corrected chi connectivity index (χ1v) is 6.91. The molecule has 0 aromatic heterocycles. The molecular weight excluding hydrogens is 264 g/mol. The molecule has 3 heteroatoms. The van der Waals surface area contributed by atoms with Crippen LogP contribution < -0.4 is 9.47 Å². The molecule has 0 saturated carbocycles. The van der Waals surface area contributed by atoms with Crippen molar-refractivity contribution >= 4 is 11.9 Å². The van der Waals surface area contributed by atoms with Gasteiger partial charge in [0.2, 0.25) is 0 Å². The summed E-state index contributed by atoms with van der Waals surface area (Å²) in [4.78, 5) is 12.2. The summed E-state index contributed by atoms with van der Waals surface area (Å²) in [6.45, 7) is 3.10. The van der Waals surface area contributed by atoms with E-state index in [0.717, 1.165) is 5.56 Å². The SMILES string of the molecule is Cc1ccc(C=CC(=O)c2ccc3c(c2)OCCO3)cc1. The molecule has 1 aliphatic heterocycles. The molecule has 0 atom stereocenters. The third kappa shape index (κ3) is 3.14. The second-order valence-corrected chi connectivity index (χ2v) is 4.97. The topological polar surface area (TPSA) is 35.5 Å². The fourth-order valence-electron chi connectivity index (χ4n) is 2.14. The second kappa shape index (κ2) is 5.83. The lowest BCUT2D eigenvalue weighted by atomic mass is 10.1. The van der Waals surface area contributed by atoms with Gasteiger partial charge >= 0.3 is 0 Å². The fraction of sp³-hybridized carbons (Fsp3) is 0.167. The number of benzene rings is 2. The van der Waals surface area contributed by atoms with E-state index in [9.17, 15) is 4.79 Å². The summed E-state index contributed by atoms with van der Waals surface area (Å²) >= 11 is 0. The van der Waals surface area contributed by atoms with Crippen LogP contribution in [0.2, 0.25) is 0 Å². The number of allylic oxidation sites excluding steroid dienone is 1. The van der Waals surface area contributed by atoms with Gasteiger partial charge in [-0.3, -0.25) is 4.79 Å². The van der Waals surface area contributed by atoms with Gasteiger partial charge in [-0.25, -0.2) is 0 Å². The maximum Gasteiger partial charge on any atom is 0.185 e. The van der Waals surface area contributed by atoms with Crippen LogP contribution in [-0.2, 0) is 0 Å². The first-order valence-electron chi connectivity index (χ1n) is 6.91. The number of ether oxygens (including phenoxy) is 2. The summed E-state index contributed by atoms with van der Waals surface area (Å²) in [6, 6.07) is 13.3. The number of carbonyl (C=O) groups excluding carboxylic acids is 1. The van der Waals surface area contributed by atoms with Crippen LogP contribution in [0.5, 0.6) is 11.5 Å². The van der Waals surface area contributed by atoms with Crippen LogP contribution in [0.3, 0.4) is 0 Å². The van der Waals surface area contributed by atoms with E-state index < -0.39 is 0 Å². The molecule has 1 aliphatic rings. The standard InChI is InChI=1S/C18H16O3/c1-13-2-4-14(5-3-13)6-8-16(19)15-7-9-17-18(12-15)21-11-10-20-17/h2-9,12H,10-11H2,1H3. The molecule has 106 valence electrons. The molecule has 0 N–H and O–H groups in total. The smallest absolute Gasteiger partial charge is 0.185 e. The summed E-state index contributed by atoms with van der Waals surface area (Å²) in [7, 11) is 0. The number of ketones is 1. The summed E-state index contributed by atoms with van der Waals surface area (Å²) in [6.07, 6.45) is 3.40. The molecule has 3 nitrogen and oxygen atoms in total. The van der Waals surface area contributed by atoms with E-state index in [0.29, 0.717) is 30.3 Å². The lowest BCUT2D eigenvalue weighted by molar-refractivity contribution is 0.104. The van der Waals surface area contributed by atoms with E-state index in [-0.39, 0.29) is 5.78 Å². The van der Waals surface area contributed by atoms with Crippen molar-refractivity contribution < 1.29 is 14.3 Å². The molecular formula is C18H16O3. The van der Waals surface area contributed by atoms with E-state index in [4.69, 9.17) is 9.47 Å². The summed E-state index contributed by atoms with van der Waals surface area (Å²) in [5, 5.41) is 0. The summed E-state index contributed by atoms with van der Waals surface area (Å²) in [5.41, 5.74) is 2.81. The van der Waals surface area contributed by atoms with Gasteiger partial charge in [0.1, 0.15) is 13.2 Å². The first-order chi connectivity index (χ1) is 10.2. The van der Waals surface area contributed by atoms with E-state index in [1.807, 2.05) is 37.3 Å². The lowest BCUT2D eigenvalue weighted by Crippen LogP contribution is -2.15. The van der Waals surface area contributed by atoms with Crippen LogP contribution in [0.15, 0.2) is 48.5 Å². The molecule has 0 saturated heterocycles. The van der Waals surface area contributed by atoms with Crippen molar-refractivity contribution in [1.29, 1.82) is 0 Å². The van der Waals surface area contributed by atoms with Crippen molar-refractivity contribution in [1.82, 2.24) is 0 Å². The van der Waals surface area contributed by atoms with Gasteiger partial charge in [0.25, 0.3) is 0 Å². The Hall–Kier alpha value is -2.55. The van der Waals surface area contributed by atoms with Gasteiger partial charge in [-0.2, -0.15) is 0 Å². The van der Waals surface area contributed by atoms with E-state index in [1.165, 1.54) is 5.56 Å². The summed E-state index contributed by atoms with van der Waals surface area (Å²) in [5.74, 6) is 1.28. The molecule has 0 fully saturated rings. The van der Waals surface area contributed by atoms with Crippen molar-refractivity contribution in [2.24, 2.45) is 0 Å². The third-order valence-corrected chi connectivity index (χ3v) is 3.33. The number of rotatable bonds is 3. The van der Waals surface area contributed by atoms with Gasteiger partial charge in [-0.05, 0) is 36.8 Å². The van der Waals surface area contributed by atoms with Gasteiger partial charge in [0.05, 0.1) is 0 Å². The Morgan fingerprint density at radius 3 is 2.48 bits per heavy atom. The molecule has 2 aromatic rings. The molecule has 0 unspecified atom stereocenters. The second-order valence-electron chi connectivity index (χ2n) is 4.97.